The third-order valence-electron chi connectivity index (χ3n) is 3.14. The number of hydrogen-bond donors (Lipinski definition) is 0. The second-order valence-electron chi connectivity index (χ2n) is 4.84. The van der Waals surface area contributed by atoms with Crippen LogP contribution in [-0.4, -0.2) is 0 Å². The lowest BCUT2D eigenvalue weighted by molar-refractivity contribution is 0.946. The second kappa shape index (κ2) is 6.02. The highest BCUT2D eigenvalue weighted by Crippen LogP contribution is 2.21. The summed E-state index contributed by atoms with van der Waals surface area (Å²) in [5, 5.41) is 8.78. The number of nitriles is 1. The van der Waals surface area contributed by atoms with Crippen molar-refractivity contribution in [2.75, 3.05) is 0 Å². The van der Waals surface area contributed by atoms with Crippen LogP contribution in [0.5, 0.6) is 0 Å². The first-order valence-corrected chi connectivity index (χ1v) is 6.43. The number of benzene rings is 2. The molecule has 2 aromatic carbocycles. The van der Waals surface area contributed by atoms with Crippen LogP contribution in [0, 0.1) is 11.3 Å². The highest BCUT2D eigenvalue weighted by atomic mass is 14.2. The summed E-state index contributed by atoms with van der Waals surface area (Å²) in [5.74, 6) is 0. The van der Waals surface area contributed by atoms with Crippen LogP contribution in [0.25, 0.3) is 11.1 Å². The first-order chi connectivity index (χ1) is 9.19. The lowest BCUT2D eigenvalue weighted by Crippen LogP contribution is -1.86. The van der Waals surface area contributed by atoms with E-state index >= 15 is 0 Å². The van der Waals surface area contributed by atoms with Gasteiger partial charge in [0.05, 0.1) is 11.6 Å². The van der Waals surface area contributed by atoms with E-state index in [1.807, 2.05) is 24.3 Å². The first-order valence-electron chi connectivity index (χ1n) is 6.43. The van der Waals surface area contributed by atoms with Gasteiger partial charge < -0.3 is 0 Å². The second-order valence-corrected chi connectivity index (χ2v) is 4.84. The summed E-state index contributed by atoms with van der Waals surface area (Å²) >= 11 is 0. The molecule has 0 fully saturated rings. The molecule has 1 heteroatoms. The molecule has 0 saturated heterocycles. The standard InChI is InChI=1S/C18H17N/c1-14(2)3-4-15-5-9-17(10-6-15)18-11-7-16(13-19)8-12-18/h5-12H,1,3-4H2,2H3. The maximum atomic E-state index is 8.78. The van der Waals surface area contributed by atoms with Gasteiger partial charge in [0.2, 0.25) is 0 Å². The SMILES string of the molecule is C=C(C)CCc1ccc(-c2ccc(C#N)cc2)cc1. The Labute approximate surface area is 114 Å². The molecule has 2 aromatic rings. The molecule has 0 bridgehead atoms. The highest BCUT2D eigenvalue weighted by Gasteiger charge is 1.99. The Hall–Kier alpha value is -2.33. The summed E-state index contributed by atoms with van der Waals surface area (Å²) in [6.45, 7) is 5.99. The van der Waals surface area contributed by atoms with Crippen molar-refractivity contribution in [1.82, 2.24) is 0 Å². The van der Waals surface area contributed by atoms with Gasteiger partial charge in [0, 0.05) is 0 Å². The van der Waals surface area contributed by atoms with E-state index in [1.54, 1.807) is 0 Å². The molecule has 0 saturated carbocycles. The number of aryl methyl sites for hydroxylation is 1. The lowest BCUT2D eigenvalue weighted by Gasteiger charge is -2.05. The van der Waals surface area contributed by atoms with Crippen molar-refractivity contribution in [3.05, 3.63) is 71.8 Å². The minimum Gasteiger partial charge on any atom is -0.192 e. The first kappa shape index (κ1) is 13.1. The normalized spacial score (nSPS) is 9.89. The summed E-state index contributed by atoms with van der Waals surface area (Å²) < 4.78 is 0. The average molecular weight is 247 g/mol. The summed E-state index contributed by atoms with van der Waals surface area (Å²) in [7, 11) is 0. The molecule has 0 atom stereocenters. The number of nitrogens with zero attached hydrogens (tertiary/aromatic N) is 1. The van der Waals surface area contributed by atoms with Crippen molar-refractivity contribution in [3.8, 4) is 17.2 Å². The molecule has 0 N–H and O–H groups in total. The van der Waals surface area contributed by atoms with E-state index in [1.165, 1.54) is 16.7 Å². The van der Waals surface area contributed by atoms with E-state index in [4.69, 9.17) is 5.26 Å². The zero-order chi connectivity index (χ0) is 13.7. The molecule has 0 radical (unpaired) electrons. The lowest BCUT2D eigenvalue weighted by atomic mass is 10.0. The number of rotatable bonds is 4. The van der Waals surface area contributed by atoms with Gasteiger partial charge in [0.25, 0.3) is 0 Å². The molecule has 2 rings (SSSR count). The molecule has 0 unspecified atom stereocenters. The fraction of sp³-hybridized carbons (Fsp3) is 0.167. The predicted molar refractivity (Wildman–Crippen MR) is 79.7 cm³/mol. The third kappa shape index (κ3) is 3.56. The topological polar surface area (TPSA) is 23.8 Å². The molecule has 1 nitrogen and oxygen atoms in total. The van der Waals surface area contributed by atoms with Crippen LogP contribution in [0.4, 0.5) is 0 Å². The Balaban J connectivity index is 2.13. The zero-order valence-electron chi connectivity index (χ0n) is 11.2. The van der Waals surface area contributed by atoms with Gasteiger partial charge in [-0.1, -0.05) is 42.0 Å². The van der Waals surface area contributed by atoms with Crippen molar-refractivity contribution < 1.29 is 0 Å². The van der Waals surface area contributed by atoms with Crippen LogP contribution in [-0.2, 0) is 6.42 Å². The Morgan fingerprint density at radius 3 is 2.00 bits per heavy atom. The van der Waals surface area contributed by atoms with Crippen molar-refractivity contribution >= 4 is 0 Å². The minimum atomic E-state index is 0.696. The molecule has 94 valence electrons. The maximum Gasteiger partial charge on any atom is 0.0991 e. The van der Waals surface area contributed by atoms with Gasteiger partial charge in [-0.2, -0.15) is 5.26 Å². The summed E-state index contributed by atoms with van der Waals surface area (Å²) in [5.41, 5.74) is 5.58. The van der Waals surface area contributed by atoms with E-state index in [-0.39, 0.29) is 0 Å². The number of hydrogen-bond acceptors (Lipinski definition) is 1. The molecule has 0 amide bonds. The van der Waals surface area contributed by atoms with Crippen LogP contribution in [0.15, 0.2) is 60.7 Å². The summed E-state index contributed by atoms with van der Waals surface area (Å²) in [6.07, 6.45) is 2.08. The van der Waals surface area contributed by atoms with Gasteiger partial charge in [-0.25, -0.2) is 0 Å². The van der Waals surface area contributed by atoms with Gasteiger partial charge >= 0.3 is 0 Å². The third-order valence-corrected chi connectivity index (χ3v) is 3.14. The van der Waals surface area contributed by atoms with E-state index < -0.39 is 0 Å². The van der Waals surface area contributed by atoms with E-state index in [2.05, 4.69) is 43.8 Å². The van der Waals surface area contributed by atoms with Crippen molar-refractivity contribution in [2.45, 2.75) is 19.8 Å². The quantitative estimate of drug-likeness (QED) is 0.716. The van der Waals surface area contributed by atoms with Crippen LogP contribution < -0.4 is 0 Å². The van der Waals surface area contributed by atoms with Crippen molar-refractivity contribution in [1.29, 1.82) is 5.26 Å². The summed E-state index contributed by atoms with van der Waals surface area (Å²) in [4.78, 5) is 0. The van der Waals surface area contributed by atoms with Crippen molar-refractivity contribution in [3.63, 3.8) is 0 Å². The van der Waals surface area contributed by atoms with Crippen LogP contribution in [0.2, 0.25) is 0 Å². The fourth-order valence-electron chi connectivity index (χ4n) is 1.96. The van der Waals surface area contributed by atoms with Crippen LogP contribution in [0.3, 0.4) is 0 Å². The predicted octanol–water partition coefficient (Wildman–Crippen LogP) is 4.73. The molecule has 0 spiro atoms. The van der Waals surface area contributed by atoms with Gasteiger partial charge in [-0.05, 0) is 48.6 Å². The van der Waals surface area contributed by atoms with Gasteiger partial charge in [-0.15, -0.1) is 6.58 Å². The van der Waals surface area contributed by atoms with Gasteiger partial charge in [0.1, 0.15) is 0 Å². The van der Waals surface area contributed by atoms with E-state index in [9.17, 15) is 0 Å². The van der Waals surface area contributed by atoms with E-state index in [0.717, 1.165) is 18.4 Å². The molecule has 0 aromatic heterocycles. The fourth-order valence-corrected chi connectivity index (χ4v) is 1.96. The van der Waals surface area contributed by atoms with Crippen LogP contribution >= 0.6 is 0 Å². The molecule has 0 aliphatic rings. The highest BCUT2D eigenvalue weighted by molar-refractivity contribution is 5.64. The van der Waals surface area contributed by atoms with Crippen molar-refractivity contribution in [2.24, 2.45) is 0 Å². The minimum absolute atomic E-state index is 0.696. The molecule has 19 heavy (non-hydrogen) atoms. The van der Waals surface area contributed by atoms with Gasteiger partial charge in [0.15, 0.2) is 0 Å². The smallest absolute Gasteiger partial charge is 0.0991 e. The molecule has 0 aliphatic heterocycles. The molecule has 0 heterocycles. The Bertz CT molecular complexity index is 598. The Morgan fingerprint density at radius 2 is 1.53 bits per heavy atom. The maximum absolute atomic E-state index is 8.78. The summed E-state index contributed by atoms with van der Waals surface area (Å²) in [6, 6.07) is 18.4. The molecular formula is C18H17N. The van der Waals surface area contributed by atoms with E-state index in [0.29, 0.717) is 5.56 Å². The van der Waals surface area contributed by atoms with Crippen LogP contribution in [0.1, 0.15) is 24.5 Å². The number of allylic oxidation sites excluding steroid dienone is 1. The average Bonchev–Trinajstić information content (AvgIpc) is 2.46. The molecular weight excluding hydrogens is 230 g/mol. The Morgan fingerprint density at radius 1 is 1.00 bits per heavy atom. The molecule has 0 aliphatic carbocycles. The monoisotopic (exact) mass is 247 g/mol. The Kier molecular flexibility index (Phi) is 4.15. The zero-order valence-corrected chi connectivity index (χ0v) is 11.2. The van der Waals surface area contributed by atoms with Gasteiger partial charge in [-0.3, -0.25) is 0 Å². The largest absolute Gasteiger partial charge is 0.192 e.